The second-order valence-corrected chi connectivity index (χ2v) is 6.43. The van der Waals surface area contributed by atoms with Crippen LogP contribution in [0.15, 0.2) is 41.0 Å². The van der Waals surface area contributed by atoms with E-state index in [-0.39, 0.29) is 24.0 Å². The first-order valence-corrected chi connectivity index (χ1v) is 8.31. The molecule has 1 atom stereocenters. The van der Waals surface area contributed by atoms with Crippen molar-refractivity contribution in [3.05, 3.63) is 58.2 Å². The molecule has 1 unspecified atom stereocenters. The number of pyridine rings is 1. The molecule has 0 spiro atoms. The van der Waals surface area contributed by atoms with Gasteiger partial charge in [-0.2, -0.15) is 0 Å². The highest BCUT2D eigenvalue weighted by atomic mass is 79.9. The van der Waals surface area contributed by atoms with Crippen LogP contribution in [0.2, 0.25) is 0 Å². The van der Waals surface area contributed by atoms with E-state index in [9.17, 15) is 13.6 Å². The molecule has 7 heteroatoms. The first-order valence-electron chi connectivity index (χ1n) is 7.52. The van der Waals surface area contributed by atoms with Crippen molar-refractivity contribution in [2.75, 3.05) is 13.1 Å². The molecule has 1 aliphatic rings. The standard InChI is InChI=1S/C17H15BrF2N2O2/c18-14-2-1-6-21-17(14)24-13-5-7-22(10-13)16(23)8-11-3-4-12(19)9-15(11)20/h1-4,6,9,13H,5,7-8,10H2. The van der Waals surface area contributed by atoms with Crippen molar-refractivity contribution in [2.24, 2.45) is 0 Å². The van der Waals surface area contributed by atoms with Gasteiger partial charge in [0.15, 0.2) is 0 Å². The SMILES string of the molecule is O=C(Cc1ccc(F)cc1F)N1CCC(Oc2ncccc2Br)C1. The van der Waals surface area contributed by atoms with Crippen molar-refractivity contribution in [1.29, 1.82) is 0 Å². The minimum Gasteiger partial charge on any atom is -0.472 e. The highest BCUT2D eigenvalue weighted by Gasteiger charge is 2.28. The van der Waals surface area contributed by atoms with Gasteiger partial charge in [-0.25, -0.2) is 13.8 Å². The number of halogens is 3. The molecule has 1 fully saturated rings. The molecule has 3 rings (SSSR count). The van der Waals surface area contributed by atoms with Crippen molar-refractivity contribution in [3.63, 3.8) is 0 Å². The van der Waals surface area contributed by atoms with Crippen molar-refractivity contribution in [3.8, 4) is 5.88 Å². The molecule has 0 radical (unpaired) electrons. The van der Waals surface area contributed by atoms with Gasteiger partial charge in [0.25, 0.3) is 0 Å². The number of amides is 1. The average molecular weight is 397 g/mol. The monoisotopic (exact) mass is 396 g/mol. The molecular weight excluding hydrogens is 382 g/mol. The molecule has 0 bridgehead atoms. The zero-order valence-corrected chi connectivity index (χ0v) is 14.3. The van der Waals surface area contributed by atoms with Gasteiger partial charge in [0.2, 0.25) is 11.8 Å². The van der Waals surface area contributed by atoms with E-state index in [1.165, 1.54) is 6.07 Å². The summed E-state index contributed by atoms with van der Waals surface area (Å²) in [5.41, 5.74) is 0.193. The number of benzene rings is 1. The summed E-state index contributed by atoms with van der Waals surface area (Å²) < 4.78 is 33.1. The van der Waals surface area contributed by atoms with Gasteiger partial charge < -0.3 is 9.64 Å². The van der Waals surface area contributed by atoms with Gasteiger partial charge in [0.05, 0.1) is 17.4 Å². The number of carbonyl (C=O) groups excluding carboxylic acids is 1. The molecule has 2 aromatic rings. The van der Waals surface area contributed by atoms with Gasteiger partial charge in [-0.15, -0.1) is 0 Å². The lowest BCUT2D eigenvalue weighted by atomic mass is 10.1. The highest BCUT2D eigenvalue weighted by molar-refractivity contribution is 9.10. The topological polar surface area (TPSA) is 42.4 Å². The van der Waals surface area contributed by atoms with Gasteiger partial charge in [0.1, 0.15) is 17.7 Å². The molecule has 0 aliphatic carbocycles. The van der Waals surface area contributed by atoms with Crippen LogP contribution in [0.3, 0.4) is 0 Å². The van der Waals surface area contributed by atoms with Crippen molar-refractivity contribution >= 4 is 21.8 Å². The summed E-state index contributed by atoms with van der Waals surface area (Å²) in [6, 6.07) is 6.87. The third-order valence-electron chi connectivity index (χ3n) is 3.86. The predicted molar refractivity (Wildman–Crippen MR) is 87.6 cm³/mol. The molecular formula is C17H15BrF2N2O2. The smallest absolute Gasteiger partial charge is 0.228 e. The van der Waals surface area contributed by atoms with Gasteiger partial charge in [0, 0.05) is 25.2 Å². The zero-order valence-electron chi connectivity index (χ0n) is 12.7. The van der Waals surface area contributed by atoms with Gasteiger partial charge in [-0.1, -0.05) is 6.07 Å². The van der Waals surface area contributed by atoms with E-state index in [1.807, 2.05) is 6.07 Å². The van der Waals surface area contributed by atoms with E-state index in [4.69, 9.17) is 4.74 Å². The minimum atomic E-state index is -0.701. The van der Waals surface area contributed by atoms with Crippen LogP contribution in [0.5, 0.6) is 5.88 Å². The zero-order chi connectivity index (χ0) is 17.1. The third kappa shape index (κ3) is 3.90. The van der Waals surface area contributed by atoms with Crippen LogP contribution in [0.1, 0.15) is 12.0 Å². The van der Waals surface area contributed by atoms with Crippen LogP contribution in [-0.2, 0) is 11.2 Å². The van der Waals surface area contributed by atoms with Crippen LogP contribution >= 0.6 is 15.9 Å². The fourth-order valence-electron chi connectivity index (χ4n) is 2.61. The summed E-state index contributed by atoms with van der Waals surface area (Å²) in [5, 5.41) is 0. The van der Waals surface area contributed by atoms with E-state index < -0.39 is 11.6 Å². The first kappa shape index (κ1) is 16.8. The fraction of sp³-hybridized carbons (Fsp3) is 0.294. The molecule has 24 heavy (non-hydrogen) atoms. The maximum absolute atomic E-state index is 13.7. The summed E-state index contributed by atoms with van der Waals surface area (Å²) in [6.07, 6.45) is 2.07. The largest absolute Gasteiger partial charge is 0.472 e. The van der Waals surface area contributed by atoms with E-state index in [0.717, 1.165) is 16.6 Å². The van der Waals surface area contributed by atoms with Gasteiger partial charge in [-0.3, -0.25) is 4.79 Å². The van der Waals surface area contributed by atoms with E-state index in [0.29, 0.717) is 25.4 Å². The number of hydrogen-bond donors (Lipinski definition) is 0. The van der Waals surface area contributed by atoms with E-state index in [2.05, 4.69) is 20.9 Å². The van der Waals surface area contributed by atoms with Crippen molar-refractivity contribution in [2.45, 2.75) is 18.9 Å². The molecule has 126 valence electrons. The second kappa shape index (κ2) is 7.25. The number of ether oxygens (including phenoxy) is 1. The number of hydrogen-bond acceptors (Lipinski definition) is 3. The molecule has 1 amide bonds. The lowest BCUT2D eigenvalue weighted by Crippen LogP contribution is -2.32. The lowest BCUT2D eigenvalue weighted by Gasteiger charge is -2.17. The Labute approximate surface area is 146 Å². The number of rotatable bonds is 4. The van der Waals surface area contributed by atoms with Crippen molar-refractivity contribution in [1.82, 2.24) is 9.88 Å². The Morgan fingerprint density at radius 2 is 2.21 bits per heavy atom. The molecule has 1 aliphatic heterocycles. The maximum atomic E-state index is 13.7. The first-order chi connectivity index (χ1) is 11.5. The number of carbonyl (C=O) groups is 1. The summed E-state index contributed by atoms with van der Waals surface area (Å²) in [6.45, 7) is 0.960. The van der Waals surface area contributed by atoms with Crippen LogP contribution in [0.25, 0.3) is 0 Å². The fourth-order valence-corrected chi connectivity index (χ4v) is 2.95. The van der Waals surface area contributed by atoms with Gasteiger partial charge in [-0.05, 0) is 39.7 Å². The third-order valence-corrected chi connectivity index (χ3v) is 4.46. The van der Waals surface area contributed by atoms with Crippen LogP contribution in [0.4, 0.5) is 8.78 Å². The summed E-state index contributed by atoms with van der Waals surface area (Å²) in [4.78, 5) is 18.1. The van der Waals surface area contributed by atoms with Crippen molar-refractivity contribution < 1.29 is 18.3 Å². The molecule has 1 aromatic heterocycles. The summed E-state index contributed by atoms with van der Waals surface area (Å²) >= 11 is 3.37. The molecule has 0 N–H and O–H groups in total. The summed E-state index contributed by atoms with van der Waals surface area (Å²) in [5.74, 6) is -1.07. The minimum absolute atomic E-state index is 0.0912. The molecule has 1 saturated heterocycles. The highest BCUT2D eigenvalue weighted by Crippen LogP contribution is 2.24. The van der Waals surface area contributed by atoms with Gasteiger partial charge >= 0.3 is 0 Å². The molecule has 0 saturated carbocycles. The molecule has 2 heterocycles. The number of aromatic nitrogens is 1. The predicted octanol–water partition coefficient (Wildman–Crippen LogP) is 3.34. The Bertz CT molecular complexity index is 757. The Morgan fingerprint density at radius 3 is 2.96 bits per heavy atom. The molecule has 1 aromatic carbocycles. The maximum Gasteiger partial charge on any atom is 0.228 e. The second-order valence-electron chi connectivity index (χ2n) is 5.57. The Kier molecular flexibility index (Phi) is 5.08. The Balaban J connectivity index is 1.59. The number of nitrogens with zero attached hydrogens (tertiary/aromatic N) is 2. The van der Waals surface area contributed by atoms with E-state index in [1.54, 1.807) is 17.2 Å². The normalized spacial score (nSPS) is 17.1. The Hall–Kier alpha value is -2.02. The van der Waals surface area contributed by atoms with Crippen LogP contribution < -0.4 is 4.74 Å². The quantitative estimate of drug-likeness (QED) is 0.795. The lowest BCUT2D eigenvalue weighted by molar-refractivity contribution is -0.129. The van der Waals surface area contributed by atoms with E-state index >= 15 is 0 Å². The molecule has 4 nitrogen and oxygen atoms in total. The Morgan fingerprint density at radius 1 is 1.38 bits per heavy atom. The summed E-state index contributed by atoms with van der Waals surface area (Å²) in [7, 11) is 0. The average Bonchev–Trinajstić information content (AvgIpc) is 3.01. The van der Waals surface area contributed by atoms with Crippen LogP contribution in [-0.4, -0.2) is 35.0 Å². The number of likely N-dealkylation sites (tertiary alicyclic amines) is 1. The van der Waals surface area contributed by atoms with Crippen LogP contribution in [0, 0.1) is 11.6 Å².